The molecule has 1 atom stereocenters. The molecule has 2 aromatic carbocycles. The Morgan fingerprint density at radius 3 is 2.67 bits per heavy atom. The van der Waals surface area contributed by atoms with E-state index >= 15 is 0 Å². The minimum atomic E-state index is -0.718. The number of nitrogens with zero attached hydrogens (tertiary/aromatic N) is 1. The summed E-state index contributed by atoms with van der Waals surface area (Å²) in [5.74, 6) is -1.33. The van der Waals surface area contributed by atoms with Gasteiger partial charge in [-0.15, -0.1) is 0 Å². The highest BCUT2D eigenvalue weighted by atomic mass is 35.5. The third-order valence-electron chi connectivity index (χ3n) is 5.60. The number of imide groups is 1. The monoisotopic (exact) mass is 463 g/mol. The van der Waals surface area contributed by atoms with Crippen molar-refractivity contribution in [3.8, 4) is 5.75 Å². The molecule has 1 aromatic heterocycles. The summed E-state index contributed by atoms with van der Waals surface area (Å²) in [6.45, 7) is 3.71. The van der Waals surface area contributed by atoms with Gasteiger partial charge in [-0.05, 0) is 67.3 Å². The van der Waals surface area contributed by atoms with Gasteiger partial charge in [0.1, 0.15) is 5.75 Å². The number of primary amides is 1. The number of hydrogen-bond donors (Lipinski definition) is 2. The van der Waals surface area contributed by atoms with E-state index in [0.29, 0.717) is 40.4 Å². The minimum Gasteiger partial charge on any atom is -0.451 e. The second kappa shape index (κ2) is 9.03. The van der Waals surface area contributed by atoms with Crippen molar-refractivity contribution in [2.24, 2.45) is 5.73 Å². The summed E-state index contributed by atoms with van der Waals surface area (Å²) in [7, 11) is 0. The number of pyridine rings is 1. The van der Waals surface area contributed by atoms with Crippen LogP contribution in [0.25, 0.3) is 17.0 Å². The van der Waals surface area contributed by atoms with E-state index in [0.717, 1.165) is 16.5 Å². The minimum absolute atomic E-state index is 0.0360. The smallest absolute Gasteiger partial charge is 0.284 e. The molecule has 3 aromatic rings. The number of benzene rings is 2. The quantitative estimate of drug-likeness (QED) is 0.338. The Morgan fingerprint density at radius 1 is 1.18 bits per heavy atom. The van der Waals surface area contributed by atoms with Crippen molar-refractivity contribution in [1.29, 1.82) is 0 Å². The van der Waals surface area contributed by atoms with E-state index in [-0.39, 0.29) is 17.6 Å². The molecule has 0 aliphatic carbocycles. The van der Waals surface area contributed by atoms with E-state index in [9.17, 15) is 14.4 Å². The fourth-order valence-corrected chi connectivity index (χ4v) is 3.98. The Balaban J connectivity index is 1.64. The van der Waals surface area contributed by atoms with Crippen LogP contribution in [0.15, 0.2) is 48.2 Å². The van der Waals surface area contributed by atoms with Gasteiger partial charge in [0.15, 0.2) is 5.76 Å². The van der Waals surface area contributed by atoms with Gasteiger partial charge < -0.3 is 10.5 Å². The molecule has 1 saturated heterocycles. The molecule has 1 aliphatic rings. The number of piperidine rings is 1. The van der Waals surface area contributed by atoms with Crippen LogP contribution in [0.1, 0.15) is 41.1 Å². The van der Waals surface area contributed by atoms with Crippen LogP contribution in [-0.4, -0.2) is 22.7 Å². The molecule has 1 unspecified atom stereocenters. The zero-order chi connectivity index (χ0) is 23.7. The zero-order valence-electron chi connectivity index (χ0n) is 18.1. The molecule has 2 heterocycles. The van der Waals surface area contributed by atoms with Crippen LogP contribution < -0.4 is 15.8 Å². The normalized spacial score (nSPS) is 16.6. The van der Waals surface area contributed by atoms with Crippen molar-refractivity contribution in [2.45, 2.75) is 32.6 Å². The Morgan fingerprint density at radius 2 is 1.97 bits per heavy atom. The first kappa shape index (κ1) is 22.5. The van der Waals surface area contributed by atoms with Crippen LogP contribution in [0.3, 0.4) is 0 Å². The topological polar surface area (TPSA) is 111 Å². The lowest BCUT2D eigenvalue weighted by molar-refractivity contribution is -0.134. The summed E-state index contributed by atoms with van der Waals surface area (Å²) in [5, 5.41) is 3.77. The lowest BCUT2D eigenvalue weighted by Gasteiger charge is -2.22. The molecule has 3 N–H and O–H groups in total. The van der Waals surface area contributed by atoms with Crippen LogP contribution >= 0.6 is 11.6 Å². The van der Waals surface area contributed by atoms with Gasteiger partial charge >= 0.3 is 0 Å². The highest BCUT2D eigenvalue weighted by molar-refractivity contribution is 6.31. The van der Waals surface area contributed by atoms with Crippen LogP contribution in [-0.2, 0) is 14.4 Å². The maximum Gasteiger partial charge on any atom is 0.284 e. The lowest BCUT2D eigenvalue weighted by atomic mass is 9.89. The van der Waals surface area contributed by atoms with E-state index in [1.807, 2.05) is 32.0 Å². The molecule has 0 radical (unpaired) electrons. The number of amides is 3. The molecule has 33 heavy (non-hydrogen) atoms. The van der Waals surface area contributed by atoms with E-state index in [1.165, 1.54) is 6.08 Å². The van der Waals surface area contributed by atoms with Gasteiger partial charge in [-0.2, -0.15) is 0 Å². The number of halogens is 1. The molecule has 0 spiro atoms. The van der Waals surface area contributed by atoms with Crippen molar-refractivity contribution in [3.05, 3.63) is 75.6 Å². The number of aromatic nitrogens is 1. The predicted molar refractivity (Wildman–Crippen MR) is 126 cm³/mol. The lowest BCUT2D eigenvalue weighted by Crippen LogP contribution is -2.39. The number of carbonyl (C=O) groups is 3. The fraction of sp³-hybridized carbons (Fsp3) is 0.200. The molecule has 7 nitrogen and oxygen atoms in total. The second-order valence-electron chi connectivity index (χ2n) is 8.00. The van der Waals surface area contributed by atoms with Gasteiger partial charge in [0.05, 0.1) is 11.4 Å². The van der Waals surface area contributed by atoms with E-state index in [1.54, 1.807) is 24.3 Å². The molecule has 0 saturated carbocycles. The highest BCUT2D eigenvalue weighted by Gasteiger charge is 2.29. The van der Waals surface area contributed by atoms with Gasteiger partial charge in [0.25, 0.3) is 5.91 Å². The number of ether oxygens (including phenoxy) is 1. The number of aryl methyl sites for hydroxylation is 2. The van der Waals surface area contributed by atoms with Gasteiger partial charge in [-0.1, -0.05) is 23.7 Å². The largest absolute Gasteiger partial charge is 0.451 e. The summed E-state index contributed by atoms with van der Waals surface area (Å²) in [6, 6.07) is 12.5. The summed E-state index contributed by atoms with van der Waals surface area (Å²) in [6.07, 6.45) is 2.29. The fourth-order valence-electron chi connectivity index (χ4n) is 3.79. The first-order valence-electron chi connectivity index (χ1n) is 10.4. The Kier molecular flexibility index (Phi) is 6.16. The third kappa shape index (κ3) is 4.88. The number of nitrogens with two attached hydrogens (primary N) is 1. The van der Waals surface area contributed by atoms with Crippen molar-refractivity contribution in [3.63, 3.8) is 0 Å². The van der Waals surface area contributed by atoms with Crippen LogP contribution in [0.2, 0.25) is 5.02 Å². The maximum absolute atomic E-state index is 12.3. The first-order chi connectivity index (χ1) is 15.7. The highest BCUT2D eigenvalue weighted by Crippen LogP contribution is 2.31. The van der Waals surface area contributed by atoms with Gasteiger partial charge in [0, 0.05) is 28.6 Å². The van der Waals surface area contributed by atoms with E-state index < -0.39 is 11.8 Å². The zero-order valence-corrected chi connectivity index (χ0v) is 18.9. The van der Waals surface area contributed by atoms with E-state index in [4.69, 9.17) is 22.1 Å². The Labute approximate surface area is 195 Å². The molecular weight excluding hydrogens is 442 g/mol. The van der Waals surface area contributed by atoms with E-state index in [2.05, 4.69) is 10.3 Å². The molecule has 3 amide bonds. The standard InChI is InChI=1S/C25H22ClN3O4/c1-13-3-4-15(9-20(13)26)10-22(24(27)31)33-17-6-5-16-11-19(14(2)28-21(16)12-17)18-7-8-23(30)29-25(18)32/h3-6,9-12,18H,7-8H2,1-2H3,(H2,27,31)(H,29,30,32). The Bertz CT molecular complexity index is 1330. The van der Waals surface area contributed by atoms with Crippen molar-refractivity contribution in [1.82, 2.24) is 10.3 Å². The van der Waals surface area contributed by atoms with Crippen molar-refractivity contribution in [2.75, 3.05) is 0 Å². The van der Waals surface area contributed by atoms with Gasteiger partial charge in [-0.25, -0.2) is 0 Å². The average Bonchev–Trinajstić information content (AvgIpc) is 2.75. The molecule has 0 bridgehead atoms. The summed E-state index contributed by atoms with van der Waals surface area (Å²) >= 11 is 6.17. The number of fused-ring (bicyclic) bond motifs is 1. The van der Waals surface area contributed by atoms with Crippen molar-refractivity contribution >= 4 is 46.3 Å². The number of carbonyl (C=O) groups excluding carboxylic acids is 3. The van der Waals surface area contributed by atoms with Crippen LogP contribution in [0, 0.1) is 13.8 Å². The second-order valence-corrected chi connectivity index (χ2v) is 8.41. The number of nitrogens with one attached hydrogen (secondary N) is 1. The molecular formula is C25H22ClN3O4. The van der Waals surface area contributed by atoms with Crippen LogP contribution in [0.5, 0.6) is 5.75 Å². The molecule has 8 heteroatoms. The number of hydrogen-bond acceptors (Lipinski definition) is 5. The Hall–Kier alpha value is -3.71. The SMILES string of the molecule is Cc1ccc(C=C(Oc2ccc3cc(C4CCC(=O)NC4=O)c(C)nc3c2)C(N)=O)cc1Cl. The number of rotatable bonds is 5. The summed E-state index contributed by atoms with van der Waals surface area (Å²) in [4.78, 5) is 40.3. The molecule has 1 fully saturated rings. The average molecular weight is 464 g/mol. The molecule has 168 valence electrons. The predicted octanol–water partition coefficient (Wildman–Crippen LogP) is 3.93. The summed E-state index contributed by atoms with van der Waals surface area (Å²) in [5.41, 5.74) is 9.24. The van der Waals surface area contributed by atoms with Crippen LogP contribution in [0.4, 0.5) is 0 Å². The van der Waals surface area contributed by atoms with Crippen molar-refractivity contribution < 1.29 is 19.1 Å². The first-order valence-corrected chi connectivity index (χ1v) is 10.8. The van der Waals surface area contributed by atoms with Gasteiger partial charge in [0.2, 0.25) is 11.8 Å². The maximum atomic E-state index is 12.3. The third-order valence-corrected chi connectivity index (χ3v) is 6.00. The molecule has 1 aliphatic heterocycles. The van der Waals surface area contributed by atoms with Gasteiger partial charge in [-0.3, -0.25) is 24.7 Å². The molecule has 4 rings (SSSR count). The summed E-state index contributed by atoms with van der Waals surface area (Å²) < 4.78 is 5.78.